The van der Waals surface area contributed by atoms with Crippen molar-refractivity contribution in [1.29, 1.82) is 0 Å². The van der Waals surface area contributed by atoms with Crippen LogP contribution in [0.4, 0.5) is 0 Å². The molecule has 2 N–H and O–H groups in total. The summed E-state index contributed by atoms with van der Waals surface area (Å²) in [6.07, 6.45) is 1.98. The number of carbonyl (C=O) groups is 1. The lowest BCUT2D eigenvalue weighted by atomic mass is 9.91. The van der Waals surface area contributed by atoms with E-state index in [1.165, 1.54) is 16.7 Å². The highest BCUT2D eigenvalue weighted by molar-refractivity contribution is 5.91. The third-order valence-electron chi connectivity index (χ3n) is 4.38. The number of hydrogen-bond acceptors (Lipinski definition) is 2. The van der Waals surface area contributed by atoms with Crippen LogP contribution in [-0.4, -0.2) is 25.5 Å². The van der Waals surface area contributed by atoms with Gasteiger partial charge in [-0.2, -0.15) is 0 Å². The van der Waals surface area contributed by atoms with Gasteiger partial charge in [0.25, 0.3) is 0 Å². The van der Waals surface area contributed by atoms with Crippen LogP contribution >= 0.6 is 0 Å². The molecule has 2 aliphatic rings. The Bertz CT molecular complexity index is 481. The minimum Gasteiger partial charge on any atom is -0.355 e. The Morgan fingerprint density at radius 2 is 1.89 bits per heavy atom. The number of nitrogens with one attached hydrogen (secondary N) is 2. The zero-order valence-corrected chi connectivity index (χ0v) is 11.8. The predicted molar refractivity (Wildman–Crippen MR) is 76.2 cm³/mol. The first-order valence-electron chi connectivity index (χ1n) is 7.18. The summed E-state index contributed by atoms with van der Waals surface area (Å²) in [6, 6.07) is 6.51. The average Bonchev–Trinajstić information content (AvgIpc) is 3.06. The van der Waals surface area contributed by atoms with Gasteiger partial charge in [0.05, 0.1) is 5.41 Å². The van der Waals surface area contributed by atoms with Crippen LogP contribution in [0.5, 0.6) is 0 Å². The SMILES string of the molecule is Cc1cc(C)cc(C2(C(=O)NCC3CNC3)CC2)c1. The maximum Gasteiger partial charge on any atom is 0.230 e. The van der Waals surface area contributed by atoms with Crippen molar-refractivity contribution >= 4 is 5.91 Å². The van der Waals surface area contributed by atoms with Crippen molar-refractivity contribution in [1.82, 2.24) is 10.6 Å². The van der Waals surface area contributed by atoms with E-state index in [0.717, 1.165) is 32.5 Å². The summed E-state index contributed by atoms with van der Waals surface area (Å²) in [5.74, 6) is 0.850. The van der Waals surface area contributed by atoms with Gasteiger partial charge in [-0.1, -0.05) is 29.3 Å². The Morgan fingerprint density at radius 1 is 1.26 bits per heavy atom. The topological polar surface area (TPSA) is 41.1 Å². The average molecular weight is 258 g/mol. The first-order valence-corrected chi connectivity index (χ1v) is 7.18. The summed E-state index contributed by atoms with van der Waals surface area (Å²) in [5.41, 5.74) is 3.47. The fourth-order valence-corrected chi connectivity index (χ4v) is 2.92. The van der Waals surface area contributed by atoms with E-state index in [4.69, 9.17) is 0 Å². The number of carbonyl (C=O) groups excluding carboxylic acids is 1. The smallest absolute Gasteiger partial charge is 0.230 e. The van der Waals surface area contributed by atoms with Gasteiger partial charge in [0.1, 0.15) is 0 Å². The van der Waals surface area contributed by atoms with Gasteiger partial charge in [-0.25, -0.2) is 0 Å². The van der Waals surface area contributed by atoms with E-state index in [1.807, 2.05) is 0 Å². The highest BCUT2D eigenvalue weighted by atomic mass is 16.2. The molecule has 1 aromatic rings. The second-order valence-corrected chi connectivity index (χ2v) is 6.19. The summed E-state index contributed by atoms with van der Waals surface area (Å²) in [4.78, 5) is 12.5. The first-order chi connectivity index (χ1) is 9.10. The van der Waals surface area contributed by atoms with Crippen LogP contribution < -0.4 is 10.6 Å². The second-order valence-electron chi connectivity index (χ2n) is 6.19. The van der Waals surface area contributed by atoms with Crippen molar-refractivity contribution in [2.24, 2.45) is 5.92 Å². The van der Waals surface area contributed by atoms with Crippen molar-refractivity contribution < 1.29 is 4.79 Å². The molecule has 1 saturated heterocycles. The quantitative estimate of drug-likeness (QED) is 0.862. The lowest BCUT2D eigenvalue weighted by Crippen LogP contribution is -2.49. The third kappa shape index (κ3) is 2.39. The monoisotopic (exact) mass is 258 g/mol. The molecule has 3 rings (SSSR count). The van der Waals surface area contributed by atoms with E-state index in [-0.39, 0.29) is 11.3 Å². The molecule has 1 amide bonds. The van der Waals surface area contributed by atoms with Gasteiger partial charge in [0.15, 0.2) is 0 Å². The van der Waals surface area contributed by atoms with Gasteiger partial charge in [0, 0.05) is 25.6 Å². The second kappa shape index (κ2) is 4.64. The fourth-order valence-electron chi connectivity index (χ4n) is 2.92. The minimum absolute atomic E-state index is 0.226. The number of amides is 1. The maximum atomic E-state index is 12.5. The minimum atomic E-state index is -0.228. The molecule has 102 valence electrons. The molecule has 2 fully saturated rings. The number of benzene rings is 1. The number of rotatable bonds is 4. The van der Waals surface area contributed by atoms with E-state index in [1.54, 1.807) is 0 Å². The van der Waals surface area contributed by atoms with Crippen LogP contribution in [0.1, 0.15) is 29.5 Å². The van der Waals surface area contributed by atoms with Crippen LogP contribution in [0.25, 0.3) is 0 Å². The molecule has 19 heavy (non-hydrogen) atoms. The number of aryl methyl sites for hydroxylation is 2. The molecule has 0 atom stereocenters. The van der Waals surface area contributed by atoms with Gasteiger partial charge in [-0.3, -0.25) is 4.79 Å². The summed E-state index contributed by atoms with van der Waals surface area (Å²) < 4.78 is 0. The lowest BCUT2D eigenvalue weighted by molar-refractivity contribution is -0.123. The van der Waals surface area contributed by atoms with Crippen molar-refractivity contribution in [2.45, 2.75) is 32.1 Å². The number of hydrogen-bond donors (Lipinski definition) is 2. The first kappa shape index (κ1) is 12.7. The summed E-state index contributed by atoms with van der Waals surface area (Å²) in [5, 5.41) is 6.38. The van der Waals surface area contributed by atoms with Crippen LogP contribution in [0.2, 0.25) is 0 Å². The zero-order valence-electron chi connectivity index (χ0n) is 11.8. The molecule has 3 heteroatoms. The molecule has 1 aliphatic carbocycles. The van der Waals surface area contributed by atoms with Crippen molar-refractivity contribution in [3.63, 3.8) is 0 Å². The van der Waals surface area contributed by atoms with Crippen LogP contribution in [0.15, 0.2) is 18.2 Å². The molecule has 0 radical (unpaired) electrons. The predicted octanol–water partition coefficient (Wildman–Crippen LogP) is 1.67. The van der Waals surface area contributed by atoms with Crippen molar-refractivity contribution in [3.8, 4) is 0 Å². The zero-order chi connectivity index (χ0) is 13.5. The van der Waals surface area contributed by atoms with Crippen LogP contribution in [0, 0.1) is 19.8 Å². The summed E-state index contributed by atoms with van der Waals surface area (Å²) in [7, 11) is 0. The van der Waals surface area contributed by atoms with Crippen LogP contribution in [0.3, 0.4) is 0 Å². The van der Waals surface area contributed by atoms with Gasteiger partial charge in [-0.05, 0) is 32.3 Å². The molecule has 1 aliphatic heterocycles. The highest BCUT2D eigenvalue weighted by Gasteiger charge is 2.51. The summed E-state index contributed by atoms with van der Waals surface area (Å²) in [6.45, 7) is 7.10. The Kier molecular flexibility index (Phi) is 3.09. The lowest BCUT2D eigenvalue weighted by Gasteiger charge is -2.28. The molecule has 1 saturated carbocycles. The Hall–Kier alpha value is -1.35. The van der Waals surface area contributed by atoms with Crippen molar-refractivity contribution in [2.75, 3.05) is 19.6 Å². The van der Waals surface area contributed by atoms with Crippen molar-refractivity contribution in [3.05, 3.63) is 34.9 Å². The largest absolute Gasteiger partial charge is 0.355 e. The standard InChI is InChI=1S/C16H22N2O/c1-11-5-12(2)7-14(6-11)16(3-4-16)15(19)18-10-13-8-17-9-13/h5-7,13,17H,3-4,8-10H2,1-2H3,(H,18,19). The highest BCUT2D eigenvalue weighted by Crippen LogP contribution is 2.48. The normalized spacial score (nSPS) is 20.7. The van der Waals surface area contributed by atoms with Gasteiger partial charge >= 0.3 is 0 Å². The van der Waals surface area contributed by atoms with E-state index < -0.39 is 0 Å². The maximum absolute atomic E-state index is 12.5. The fraction of sp³-hybridized carbons (Fsp3) is 0.562. The molecule has 1 heterocycles. The Morgan fingerprint density at radius 3 is 2.37 bits per heavy atom. The van der Waals surface area contributed by atoms with Crippen LogP contribution in [-0.2, 0) is 10.2 Å². The summed E-state index contributed by atoms with van der Waals surface area (Å²) >= 11 is 0. The van der Waals surface area contributed by atoms with E-state index in [2.05, 4.69) is 42.7 Å². The molecular formula is C16H22N2O. The molecule has 0 unspecified atom stereocenters. The molecule has 0 bridgehead atoms. The third-order valence-corrected chi connectivity index (χ3v) is 4.38. The molecule has 3 nitrogen and oxygen atoms in total. The van der Waals surface area contributed by atoms with Gasteiger partial charge < -0.3 is 10.6 Å². The van der Waals surface area contributed by atoms with E-state index >= 15 is 0 Å². The van der Waals surface area contributed by atoms with Gasteiger partial charge in [0.2, 0.25) is 5.91 Å². The molecule has 0 spiro atoms. The van der Waals surface area contributed by atoms with E-state index in [0.29, 0.717) is 5.92 Å². The Labute approximate surface area is 114 Å². The van der Waals surface area contributed by atoms with E-state index in [9.17, 15) is 4.79 Å². The Balaban J connectivity index is 1.72. The molecular weight excluding hydrogens is 236 g/mol. The van der Waals surface area contributed by atoms with Gasteiger partial charge in [-0.15, -0.1) is 0 Å². The molecule has 0 aromatic heterocycles. The molecule has 1 aromatic carbocycles.